The van der Waals surface area contributed by atoms with Crippen molar-refractivity contribution in [2.75, 3.05) is 12.3 Å². The Hall–Kier alpha value is -4.13. The van der Waals surface area contributed by atoms with Gasteiger partial charge in [0.05, 0.1) is 5.39 Å². The zero-order valence-electron chi connectivity index (χ0n) is 22.7. The average Bonchev–Trinajstić information content (AvgIpc) is 3.34. The largest absolute Gasteiger partial charge is 0.369 e. The van der Waals surface area contributed by atoms with Crippen LogP contribution in [0.2, 0.25) is 0 Å². The summed E-state index contributed by atoms with van der Waals surface area (Å²) in [6.45, 7) is 13.8. The van der Waals surface area contributed by atoms with Crippen LogP contribution in [0.15, 0.2) is 78.2 Å². The highest BCUT2D eigenvalue weighted by atomic mass is 16.1. The molecule has 0 aliphatic rings. The average molecular weight is 504 g/mol. The van der Waals surface area contributed by atoms with Crippen molar-refractivity contribution >= 4 is 22.9 Å². The molecule has 198 valence electrons. The fourth-order valence-electron chi connectivity index (χ4n) is 3.49. The van der Waals surface area contributed by atoms with E-state index in [9.17, 15) is 9.59 Å². The van der Waals surface area contributed by atoms with Crippen LogP contribution < -0.4 is 16.6 Å². The van der Waals surface area contributed by atoms with E-state index in [4.69, 9.17) is 5.73 Å². The Morgan fingerprint density at radius 3 is 2.19 bits per heavy atom. The summed E-state index contributed by atoms with van der Waals surface area (Å²) in [5.41, 5.74) is 9.64. The van der Waals surface area contributed by atoms with Gasteiger partial charge in [-0.15, -0.1) is 6.58 Å². The number of carbonyl (C=O) groups is 1. The number of carbonyl (C=O) groups excluding carboxylic acids is 1. The number of fused-ring (bicyclic) bond motifs is 1. The number of benzene rings is 2. The lowest BCUT2D eigenvalue weighted by Crippen LogP contribution is -2.25. The van der Waals surface area contributed by atoms with Crippen LogP contribution in [0.4, 0.5) is 5.95 Å². The molecule has 0 unspecified atom stereocenters. The quantitative estimate of drug-likeness (QED) is 0.237. The summed E-state index contributed by atoms with van der Waals surface area (Å²) >= 11 is 0. The number of allylic oxidation sites excluding steroid dienone is 1. The molecule has 2 aromatic heterocycles. The van der Waals surface area contributed by atoms with E-state index in [-0.39, 0.29) is 17.4 Å². The zero-order chi connectivity index (χ0) is 27.6. The fourth-order valence-corrected chi connectivity index (χ4v) is 3.49. The summed E-state index contributed by atoms with van der Waals surface area (Å²) in [6, 6.07) is 17.6. The number of anilines is 1. The minimum atomic E-state index is -0.240. The van der Waals surface area contributed by atoms with Crippen LogP contribution in [-0.4, -0.2) is 27.4 Å². The van der Waals surface area contributed by atoms with Crippen LogP contribution in [0.5, 0.6) is 0 Å². The molecule has 37 heavy (non-hydrogen) atoms. The van der Waals surface area contributed by atoms with Crippen molar-refractivity contribution in [3.05, 3.63) is 106 Å². The van der Waals surface area contributed by atoms with Gasteiger partial charge in [-0.25, -0.2) is 0 Å². The lowest BCUT2D eigenvalue weighted by Gasteiger charge is -2.07. The van der Waals surface area contributed by atoms with Gasteiger partial charge in [-0.1, -0.05) is 76.2 Å². The molecule has 4 aromatic rings. The molecule has 2 heterocycles. The van der Waals surface area contributed by atoms with E-state index in [0.717, 1.165) is 24.0 Å². The fraction of sp³-hybridized carbons (Fsp3) is 0.300. The molecule has 4 rings (SSSR count). The van der Waals surface area contributed by atoms with Gasteiger partial charge in [-0.2, -0.15) is 4.98 Å². The van der Waals surface area contributed by atoms with Crippen molar-refractivity contribution < 1.29 is 4.79 Å². The first-order valence-corrected chi connectivity index (χ1v) is 12.9. The number of hydrogen-bond acceptors (Lipinski definition) is 4. The summed E-state index contributed by atoms with van der Waals surface area (Å²) in [6.07, 6.45) is 5.76. The smallest absolute Gasteiger partial charge is 0.262 e. The molecule has 2 aromatic carbocycles. The maximum absolute atomic E-state index is 12.3. The molecular formula is C30H41N5O2. The van der Waals surface area contributed by atoms with Crippen molar-refractivity contribution in [1.29, 1.82) is 0 Å². The molecule has 0 aliphatic heterocycles. The predicted octanol–water partition coefficient (Wildman–Crippen LogP) is 5.84. The van der Waals surface area contributed by atoms with Gasteiger partial charge < -0.3 is 16.0 Å². The third-order valence-corrected chi connectivity index (χ3v) is 5.08. The molecule has 0 saturated heterocycles. The number of nitrogens with one attached hydrogen (secondary N) is 3. The Morgan fingerprint density at radius 2 is 1.57 bits per heavy atom. The maximum atomic E-state index is 12.3. The van der Waals surface area contributed by atoms with Crippen LogP contribution in [0.25, 0.3) is 11.0 Å². The summed E-state index contributed by atoms with van der Waals surface area (Å²) in [5, 5.41) is 3.49. The molecule has 5 N–H and O–H groups in total. The molecule has 0 fully saturated rings. The standard InChI is InChI=1S/C23H23N5O2.C3H6.2C2H6/c24-23-27-20-19(22(30)28-23)18(14-26-20)11-8-16-6-9-17(10-7-16)21(29)25-13-12-15-4-2-1-3-5-15;1-3-2;2*1-2/h1-7,9-10,14H,8,11-13H2,(H,25,29)(H4,24,26,27,28,30);3H,1H2,2H3;2*1-2H3. The number of hydrogen-bond donors (Lipinski definition) is 4. The number of rotatable bonds is 7. The number of H-pyrrole nitrogens is 2. The third-order valence-electron chi connectivity index (χ3n) is 5.08. The number of nitrogen functional groups attached to an aromatic ring is 1. The molecule has 7 nitrogen and oxygen atoms in total. The van der Waals surface area contributed by atoms with Crippen molar-refractivity contribution in [3.63, 3.8) is 0 Å². The Morgan fingerprint density at radius 1 is 0.973 bits per heavy atom. The third kappa shape index (κ3) is 9.80. The van der Waals surface area contributed by atoms with Crippen molar-refractivity contribution in [2.45, 2.75) is 53.9 Å². The van der Waals surface area contributed by atoms with Gasteiger partial charge in [0.1, 0.15) is 5.65 Å². The number of aromatic amines is 2. The maximum Gasteiger partial charge on any atom is 0.262 e. The second-order valence-corrected chi connectivity index (χ2v) is 7.59. The molecule has 7 heteroatoms. The summed E-state index contributed by atoms with van der Waals surface area (Å²) in [7, 11) is 0. The summed E-state index contributed by atoms with van der Waals surface area (Å²) in [4.78, 5) is 34.1. The van der Waals surface area contributed by atoms with E-state index in [1.807, 2.05) is 89.2 Å². The summed E-state index contributed by atoms with van der Waals surface area (Å²) in [5.74, 6) is 0.0165. The van der Waals surface area contributed by atoms with Crippen LogP contribution in [0.3, 0.4) is 0 Å². The molecule has 0 spiro atoms. The molecule has 0 radical (unpaired) electrons. The van der Waals surface area contributed by atoms with Gasteiger partial charge in [0.25, 0.3) is 11.5 Å². The Bertz CT molecular complexity index is 1260. The van der Waals surface area contributed by atoms with E-state index in [2.05, 4.69) is 26.8 Å². The van der Waals surface area contributed by atoms with Gasteiger partial charge in [0.2, 0.25) is 5.95 Å². The van der Waals surface area contributed by atoms with E-state index in [0.29, 0.717) is 29.6 Å². The van der Waals surface area contributed by atoms with Crippen LogP contribution in [0.1, 0.15) is 61.7 Å². The van der Waals surface area contributed by atoms with E-state index in [1.54, 1.807) is 12.3 Å². The van der Waals surface area contributed by atoms with E-state index in [1.165, 1.54) is 5.56 Å². The van der Waals surface area contributed by atoms with Crippen molar-refractivity contribution in [2.24, 2.45) is 0 Å². The second-order valence-electron chi connectivity index (χ2n) is 7.59. The van der Waals surface area contributed by atoms with Crippen LogP contribution in [0, 0.1) is 0 Å². The summed E-state index contributed by atoms with van der Waals surface area (Å²) < 4.78 is 0. The molecule has 0 atom stereocenters. The van der Waals surface area contributed by atoms with Crippen LogP contribution >= 0.6 is 0 Å². The van der Waals surface area contributed by atoms with Gasteiger partial charge in [0.15, 0.2) is 0 Å². The molecule has 0 bridgehead atoms. The monoisotopic (exact) mass is 503 g/mol. The Balaban J connectivity index is 0.000000894. The first-order chi connectivity index (χ1) is 18.0. The highest BCUT2D eigenvalue weighted by molar-refractivity contribution is 5.94. The van der Waals surface area contributed by atoms with E-state index < -0.39 is 0 Å². The normalized spacial score (nSPS) is 9.54. The Kier molecular flexibility index (Phi) is 14.5. The number of nitrogens with zero attached hydrogens (tertiary/aromatic N) is 1. The molecule has 1 amide bonds. The minimum Gasteiger partial charge on any atom is -0.369 e. The highest BCUT2D eigenvalue weighted by Gasteiger charge is 2.11. The lowest BCUT2D eigenvalue weighted by atomic mass is 10.0. The Labute approximate surface area is 220 Å². The number of aryl methyl sites for hydroxylation is 2. The van der Waals surface area contributed by atoms with Gasteiger partial charge in [0, 0.05) is 18.3 Å². The number of nitrogens with two attached hydrogens (primary N) is 1. The van der Waals surface area contributed by atoms with Crippen molar-refractivity contribution in [1.82, 2.24) is 20.3 Å². The number of amides is 1. The minimum absolute atomic E-state index is 0.0793. The van der Waals surface area contributed by atoms with Gasteiger partial charge >= 0.3 is 0 Å². The molecule has 0 saturated carbocycles. The number of aromatic nitrogens is 3. The lowest BCUT2D eigenvalue weighted by molar-refractivity contribution is 0.0954. The van der Waals surface area contributed by atoms with Crippen LogP contribution in [-0.2, 0) is 19.3 Å². The first-order valence-electron chi connectivity index (χ1n) is 12.9. The topological polar surface area (TPSA) is 117 Å². The van der Waals surface area contributed by atoms with E-state index >= 15 is 0 Å². The zero-order valence-corrected chi connectivity index (χ0v) is 22.7. The van der Waals surface area contributed by atoms with Gasteiger partial charge in [-0.05, 0) is 55.0 Å². The molecular weight excluding hydrogens is 462 g/mol. The molecule has 0 aliphatic carbocycles. The van der Waals surface area contributed by atoms with Gasteiger partial charge in [-0.3, -0.25) is 14.6 Å². The predicted molar refractivity (Wildman–Crippen MR) is 156 cm³/mol. The second kappa shape index (κ2) is 17.3. The highest BCUT2D eigenvalue weighted by Crippen LogP contribution is 2.16. The van der Waals surface area contributed by atoms with Crippen molar-refractivity contribution in [3.8, 4) is 0 Å². The SMILES string of the molecule is C=CC.CC.CC.Nc1nc2[nH]cc(CCc3ccc(C(=O)NCCc4ccccc4)cc3)c2c(=O)[nH]1. The first kappa shape index (κ1) is 30.9.